The Hall–Kier alpha value is -1.61. The average Bonchev–Trinajstić information content (AvgIpc) is 2.25. The number of hydrogen-bond donors (Lipinski definition) is 1. The van der Waals surface area contributed by atoms with Crippen molar-refractivity contribution in [2.45, 2.75) is 13.8 Å². The van der Waals surface area contributed by atoms with Crippen LogP contribution in [0.3, 0.4) is 0 Å². The summed E-state index contributed by atoms with van der Waals surface area (Å²) in [6.07, 6.45) is 2.49. The molecule has 4 heteroatoms. The zero-order valence-electron chi connectivity index (χ0n) is 9.08. The van der Waals surface area contributed by atoms with Crippen LogP contribution in [-0.4, -0.2) is 9.97 Å². The van der Waals surface area contributed by atoms with Gasteiger partial charge in [-0.15, -0.1) is 0 Å². The Bertz CT molecular complexity index is 511. The van der Waals surface area contributed by atoms with Crippen molar-refractivity contribution in [2.24, 2.45) is 0 Å². The van der Waals surface area contributed by atoms with E-state index in [1.807, 2.05) is 12.1 Å². The summed E-state index contributed by atoms with van der Waals surface area (Å²) < 4.78 is 0. The average molecular weight is 233 g/mol. The molecule has 0 saturated carbocycles. The summed E-state index contributed by atoms with van der Waals surface area (Å²) in [6.45, 7) is 4.13. The first-order valence-corrected chi connectivity index (χ1v) is 5.28. The third-order valence-electron chi connectivity index (χ3n) is 2.45. The summed E-state index contributed by atoms with van der Waals surface area (Å²) in [7, 11) is 0. The standard InChI is InChI=1S/C12H11ClN3/c1-8-4-3-5-10(9(8)2)16-12-6-11(13)14-7-15-12/h3-6H,1-2H3,(H,14,15,16). The lowest BCUT2D eigenvalue weighted by molar-refractivity contribution is 1.15. The van der Waals surface area contributed by atoms with Crippen LogP contribution in [0.15, 0.2) is 24.3 Å². The van der Waals surface area contributed by atoms with E-state index in [9.17, 15) is 0 Å². The van der Waals surface area contributed by atoms with Crippen molar-refractivity contribution >= 4 is 23.1 Å². The summed E-state index contributed by atoms with van der Waals surface area (Å²) >= 11 is 5.76. The van der Waals surface area contributed by atoms with E-state index in [2.05, 4.69) is 41.5 Å². The van der Waals surface area contributed by atoms with E-state index in [-0.39, 0.29) is 0 Å². The number of halogens is 1. The Kier molecular flexibility index (Phi) is 3.06. The molecule has 1 aromatic carbocycles. The molecule has 0 bridgehead atoms. The van der Waals surface area contributed by atoms with Gasteiger partial charge in [-0.05, 0) is 31.0 Å². The number of benzene rings is 1. The maximum atomic E-state index is 5.76. The molecule has 0 atom stereocenters. The van der Waals surface area contributed by atoms with E-state index < -0.39 is 0 Å². The largest absolute Gasteiger partial charge is 0.340 e. The van der Waals surface area contributed by atoms with E-state index in [0.29, 0.717) is 11.0 Å². The SMILES string of the molecule is Cc1cccc(Nc2cc(Cl)n[c]n2)c1C. The van der Waals surface area contributed by atoms with E-state index in [0.717, 1.165) is 5.69 Å². The van der Waals surface area contributed by atoms with Crippen LogP contribution in [0.5, 0.6) is 0 Å². The zero-order valence-corrected chi connectivity index (χ0v) is 9.84. The van der Waals surface area contributed by atoms with Crippen LogP contribution < -0.4 is 5.32 Å². The molecule has 0 fully saturated rings. The molecule has 2 aromatic rings. The molecule has 0 spiro atoms. The zero-order chi connectivity index (χ0) is 11.5. The molecule has 1 aromatic heterocycles. The van der Waals surface area contributed by atoms with Crippen molar-refractivity contribution in [3.05, 3.63) is 46.9 Å². The summed E-state index contributed by atoms with van der Waals surface area (Å²) in [4.78, 5) is 7.68. The van der Waals surface area contributed by atoms with Crippen LogP contribution in [0.4, 0.5) is 11.5 Å². The maximum absolute atomic E-state index is 5.76. The Morgan fingerprint density at radius 1 is 1.25 bits per heavy atom. The second kappa shape index (κ2) is 4.49. The highest BCUT2D eigenvalue weighted by Crippen LogP contribution is 2.22. The topological polar surface area (TPSA) is 37.8 Å². The van der Waals surface area contributed by atoms with E-state index >= 15 is 0 Å². The van der Waals surface area contributed by atoms with Crippen molar-refractivity contribution in [3.63, 3.8) is 0 Å². The highest BCUT2D eigenvalue weighted by atomic mass is 35.5. The van der Waals surface area contributed by atoms with Gasteiger partial charge in [0, 0.05) is 11.8 Å². The van der Waals surface area contributed by atoms with Crippen molar-refractivity contribution in [1.29, 1.82) is 0 Å². The molecule has 16 heavy (non-hydrogen) atoms. The van der Waals surface area contributed by atoms with Crippen molar-refractivity contribution in [2.75, 3.05) is 5.32 Å². The van der Waals surface area contributed by atoms with Gasteiger partial charge in [0.2, 0.25) is 6.33 Å². The Labute approximate surface area is 99.5 Å². The molecule has 0 amide bonds. The van der Waals surface area contributed by atoms with E-state index in [4.69, 9.17) is 11.6 Å². The van der Waals surface area contributed by atoms with Gasteiger partial charge >= 0.3 is 0 Å². The fourth-order valence-corrected chi connectivity index (χ4v) is 1.53. The lowest BCUT2D eigenvalue weighted by Crippen LogP contribution is -1.97. The van der Waals surface area contributed by atoms with Crippen LogP contribution in [0, 0.1) is 20.2 Å². The van der Waals surface area contributed by atoms with Gasteiger partial charge < -0.3 is 5.32 Å². The van der Waals surface area contributed by atoms with E-state index in [1.165, 1.54) is 11.1 Å². The third-order valence-corrected chi connectivity index (χ3v) is 2.64. The van der Waals surface area contributed by atoms with Crippen LogP contribution >= 0.6 is 11.6 Å². The number of nitrogens with one attached hydrogen (secondary N) is 1. The molecule has 81 valence electrons. The second-order valence-electron chi connectivity index (χ2n) is 3.55. The van der Waals surface area contributed by atoms with Crippen LogP contribution in [0.1, 0.15) is 11.1 Å². The summed E-state index contributed by atoms with van der Waals surface area (Å²) in [5, 5.41) is 3.56. The number of aryl methyl sites for hydroxylation is 1. The minimum absolute atomic E-state index is 0.378. The smallest absolute Gasteiger partial charge is 0.201 e. The lowest BCUT2D eigenvalue weighted by atomic mass is 10.1. The van der Waals surface area contributed by atoms with Gasteiger partial charge in [0.25, 0.3) is 0 Å². The van der Waals surface area contributed by atoms with Crippen molar-refractivity contribution in [1.82, 2.24) is 9.97 Å². The number of nitrogens with zero attached hydrogens (tertiary/aromatic N) is 2. The molecule has 2 rings (SSSR count). The lowest BCUT2D eigenvalue weighted by Gasteiger charge is -2.10. The van der Waals surface area contributed by atoms with E-state index in [1.54, 1.807) is 6.07 Å². The minimum Gasteiger partial charge on any atom is -0.340 e. The Morgan fingerprint density at radius 3 is 2.81 bits per heavy atom. The van der Waals surface area contributed by atoms with Crippen molar-refractivity contribution < 1.29 is 0 Å². The predicted octanol–water partition coefficient (Wildman–Crippen LogP) is 3.29. The molecular formula is C12H11ClN3. The van der Waals surface area contributed by atoms with Crippen molar-refractivity contribution in [3.8, 4) is 0 Å². The fourth-order valence-electron chi connectivity index (χ4n) is 1.39. The summed E-state index contributed by atoms with van der Waals surface area (Å²) in [6, 6.07) is 7.73. The summed E-state index contributed by atoms with van der Waals surface area (Å²) in [5.41, 5.74) is 3.44. The molecule has 1 N–H and O–H groups in total. The minimum atomic E-state index is 0.378. The van der Waals surface area contributed by atoms with Gasteiger partial charge in [0.1, 0.15) is 11.0 Å². The maximum Gasteiger partial charge on any atom is 0.201 e. The molecule has 1 heterocycles. The van der Waals surface area contributed by atoms with Gasteiger partial charge in [0.15, 0.2) is 0 Å². The molecule has 1 radical (unpaired) electrons. The Morgan fingerprint density at radius 2 is 2.06 bits per heavy atom. The van der Waals surface area contributed by atoms with Gasteiger partial charge in [-0.3, -0.25) is 0 Å². The molecular weight excluding hydrogens is 222 g/mol. The third kappa shape index (κ3) is 2.31. The number of anilines is 2. The molecule has 0 aliphatic heterocycles. The first-order chi connectivity index (χ1) is 7.66. The van der Waals surface area contributed by atoms with Crippen LogP contribution in [-0.2, 0) is 0 Å². The molecule has 0 aliphatic rings. The first kappa shape index (κ1) is 10.9. The fraction of sp³-hybridized carbons (Fsp3) is 0.167. The molecule has 3 nitrogen and oxygen atoms in total. The number of rotatable bonds is 2. The second-order valence-corrected chi connectivity index (χ2v) is 3.94. The normalized spacial score (nSPS) is 10.2. The number of aromatic nitrogens is 2. The molecule has 0 unspecified atom stereocenters. The van der Waals surface area contributed by atoms with Gasteiger partial charge in [-0.2, -0.15) is 0 Å². The monoisotopic (exact) mass is 232 g/mol. The van der Waals surface area contributed by atoms with Gasteiger partial charge in [-0.25, -0.2) is 9.97 Å². The highest BCUT2D eigenvalue weighted by molar-refractivity contribution is 6.29. The quantitative estimate of drug-likeness (QED) is 0.808. The molecule has 0 saturated heterocycles. The summed E-state index contributed by atoms with van der Waals surface area (Å²) in [5.74, 6) is 0.647. The highest BCUT2D eigenvalue weighted by Gasteiger charge is 2.02. The molecule has 0 aliphatic carbocycles. The number of hydrogen-bond acceptors (Lipinski definition) is 3. The first-order valence-electron chi connectivity index (χ1n) is 4.90. The predicted molar refractivity (Wildman–Crippen MR) is 65.1 cm³/mol. The van der Waals surface area contributed by atoms with Crippen LogP contribution in [0.25, 0.3) is 0 Å². The van der Waals surface area contributed by atoms with Crippen LogP contribution in [0.2, 0.25) is 5.15 Å². The van der Waals surface area contributed by atoms with Gasteiger partial charge in [0.05, 0.1) is 0 Å². The van der Waals surface area contributed by atoms with Gasteiger partial charge in [-0.1, -0.05) is 23.7 Å². The Balaban J connectivity index is 2.31.